The van der Waals surface area contributed by atoms with E-state index in [-0.39, 0.29) is 59.8 Å². The fraction of sp³-hybridized carbons (Fsp3) is 0.562. The van der Waals surface area contributed by atoms with Gasteiger partial charge in [0.15, 0.2) is 40.4 Å². The minimum atomic E-state index is -0.561. The Balaban J connectivity index is 1.31. The third-order valence-corrected chi connectivity index (χ3v) is 8.56. The lowest BCUT2D eigenvalue weighted by molar-refractivity contribution is -0.676. The predicted octanol–water partition coefficient (Wildman–Crippen LogP) is 2.56. The normalized spacial score (nSPS) is 17.0. The van der Waals surface area contributed by atoms with Gasteiger partial charge in [0.25, 0.3) is 17.6 Å². The first-order valence-electron chi connectivity index (χ1n) is 16.3. The van der Waals surface area contributed by atoms with Crippen LogP contribution >= 0.6 is 11.6 Å². The molecular formula is C32H45ClN9O6+. The van der Waals surface area contributed by atoms with Crippen LogP contribution in [0.15, 0.2) is 18.2 Å². The number of fused-ring (bicyclic) bond motifs is 1. The minimum Gasteiger partial charge on any atom is -0.479 e. The van der Waals surface area contributed by atoms with E-state index in [1.54, 1.807) is 4.90 Å². The van der Waals surface area contributed by atoms with Crippen molar-refractivity contribution in [2.24, 2.45) is 0 Å². The highest BCUT2D eigenvalue weighted by atomic mass is 35.5. The summed E-state index contributed by atoms with van der Waals surface area (Å²) >= 11 is 6.01. The molecule has 5 rings (SSSR count). The monoisotopic (exact) mass is 686 g/mol. The number of piperidine rings is 1. The fourth-order valence-corrected chi connectivity index (χ4v) is 6.18. The van der Waals surface area contributed by atoms with E-state index in [1.165, 1.54) is 0 Å². The summed E-state index contributed by atoms with van der Waals surface area (Å²) in [6.45, 7) is 10.3. The van der Waals surface area contributed by atoms with E-state index >= 15 is 0 Å². The summed E-state index contributed by atoms with van der Waals surface area (Å²) in [7, 11) is 0. The zero-order valence-corrected chi connectivity index (χ0v) is 28.6. The first-order chi connectivity index (χ1) is 22.8. The molecule has 260 valence electrons. The second-order valence-electron chi connectivity index (χ2n) is 12.9. The summed E-state index contributed by atoms with van der Waals surface area (Å²) in [5.74, 6) is 0.336. The van der Waals surface area contributed by atoms with Crippen LogP contribution in [-0.2, 0) is 33.9 Å². The number of ether oxygens (including phenoxy) is 3. The number of amides is 3. The van der Waals surface area contributed by atoms with Crippen molar-refractivity contribution in [2.75, 3.05) is 37.8 Å². The second-order valence-corrected chi connectivity index (χ2v) is 13.3. The molecule has 1 atom stereocenters. The fourth-order valence-electron chi connectivity index (χ4n) is 6.05. The summed E-state index contributed by atoms with van der Waals surface area (Å²) in [6.07, 6.45) is 2.80. The number of anilines is 2. The van der Waals surface area contributed by atoms with E-state index in [9.17, 15) is 14.4 Å². The van der Waals surface area contributed by atoms with E-state index in [4.69, 9.17) is 37.3 Å². The Morgan fingerprint density at radius 2 is 1.88 bits per heavy atom. The van der Waals surface area contributed by atoms with E-state index < -0.39 is 11.5 Å². The van der Waals surface area contributed by atoms with Gasteiger partial charge in [0.2, 0.25) is 5.52 Å². The summed E-state index contributed by atoms with van der Waals surface area (Å²) < 4.78 is 21.7. The van der Waals surface area contributed by atoms with Gasteiger partial charge in [-0.05, 0) is 65.5 Å². The van der Waals surface area contributed by atoms with Crippen molar-refractivity contribution in [2.45, 2.75) is 90.8 Å². The van der Waals surface area contributed by atoms with Crippen LogP contribution in [0.4, 0.5) is 16.4 Å². The number of carbonyl (C=O) groups excluding carboxylic acids is 3. The number of benzene rings is 1. The third-order valence-electron chi connectivity index (χ3n) is 8.29. The number of aryl methyl sites for hydroxylation is 1. The summed E-state index contributed by atoms with van der Waals surface area (Å²) in [6, 6.07) is 5.61. The molecule has 3 amide bonds. The molecule has 1 aromatic carbocycles. The third kappa shape index (κ3) is 8.19. The number of para-hydroxylation sites is 1. The zero-order chi connectivity index (χ0) is 34.6. The smallest absolute Gasteiger partial charge is 0.410 e. The molecule has 2 saturated heterocycles. The quantitative estimate of drug-likeness (QED) is 0.230. The van der Waals surface area contributed by atoms with Gasteiger partial charge in [-0.1, -0.05) is 17.7 Å². The Morgan fingerprint density at radius 1 is 1.12 bits per heavy atom. The maximum absolute atomic E-state index is 13.2. The molecule has 0 radical (unpaired) electrons. The van der Waals surface area contributed by atoms with Gasteiger partial charge in [-0.25, -0.2) is 23.9 Å². The molecule has 2 aliphatic rings. The number of halogens is 1. The van der Waals surface area contributed by atoms with Crippen molar-refractivity contribution in [1.82, 2.24) is 30.1 Å². The van der Waals surface area contributed by atoms with Crippen molar-refractivity contribution in [3.05, 3.63) is 34.9 Å². The molecule has 48 heavy (non-hydrogen) atoms. The lowest BCUT2D eigenvalue weighted by Gasteiger charge is -2.33. The molecule has 15 nitrogen and oxygen atoms in total. The molecule has 4 heterocycles. The lowest BCUT2D eigenvalue weighted by Crippen LogP contribution is -2.48. The molecule has 2 fully saturated rings. The average molecular weight is 687 g/mol. The van der Waals surface area contributed by atoms with Gasteiger partial charge in [-0.3, -0.25) is 9.59 Å². The van der Waals surface area contributed by atoms with E-state index in [1.807, 2.05) is 45.9 Å². The van der Waals surface area contributed by atoms with Crippen LogP contribution in [0.25, 0.3) is 11.0 Å². The van der Waals surface area contributed by atoms with Crippen LogP contribution < -0.4 is 31.4 Å². The highest BCUT2D eigenvalue weighted by Gasteiger charge is 2.32. The van der Waals surface area contributed by atoms with Gasteiger partial charge < -0.3 is 41.2 Å². The van der Waals surface area contributed by atoms with Crippen LogP contribution in [0.5, 0.6) is 5.75 Å². The second kappa shape index (κ2) is 14.8. The molecule has 1 unspecified atom stereocenters. The molecule has 2 aromatic heterocycles. The van der Waals surface area contributed by atoms with Gasteiger partial charge in [0.1, 0.15) is 18.7 Å². The molecule has 6 N–H and O–H groups in total. The van der Waals surface area contributed by atoms with Gasteiger partial charge in [-0.2, -0.15) is 0 Å². The number of nitrogens with two attached hydrogens (primary N) is 2. The Hall–Kier alpha value is -4.37. The zero-order valence-electron chi connectivity index (χ0n) is 27.9. The molecule has 0 saturated carbocycles. The highest BCUT2D eigenvalue weighted by Crippen LogP contribution is 2.27. The number of hydrogen-bond acceptors (Lipinski definition) is 10. The van der Waals surface area contributed by atoms with Crippen LogP contribution in [-0.4, -0.2) is 81.4 Å². The molecule has 3 aromatic rings. The maximum Gasteiger partial charge on any atom is 0.410 e. The summed E-state index contributed by atoms with van der Waals surface area (Å²) in [5, 5.41) is 5.83. The maximum atomic E-state index is 13.2. The number of aromatic nitrogens is 4. The van der Waals surface area contributed by atoms with Crippen molar-refractivity contribution in [3.63, 3.8) is 0 Å². The van der Waals surface area contributed by atoms with Crippen molar-refractivity contribution < 1.29 is 33.2 Å². The first-order valence-corrected chi connectivity index (χ1v) is 16.6. The summed E-state index contributed by atoms with van der Waals surface area (Å²) in [4.78, 5) is 48.2. The van der Waals surface area contributed by atoms with Crippen molar-refractivity contribution in [1.29, 1.82) is 0 Å². The molecule has 2 aliphatic heterocycles. The van der Waals surface area contributed by atoms with Crippen LogP contribution in [0.3, 0.4) is 0 Å². The van der Waals surface area contributed by atoms with Crippen molar-refractivity contribution >= 4 is 52.2 Å². The molecule has 0 aliphatic carbocycles. The number of nitrogens with one attached hydrogen (secondary N) is 2. The first kappa shape index (κ1) is 35.0. The topological polar surface area (TPSA) is 193 Å². The van der Waals surface area contributed by atoms with E-state index in [0.717, 1.165) is 29.7 Å². The van der Waals surface area contributed by atoms with Gasteiger partial charge in [-0.15, -0.1) is 0 Å². The van der Waals surface area contributed by atoms with Gasteiger partial charge in [0.05, 0.1) is 12.6 Å². The number of likely N-dealkylation sites (tertiary alicyclic amines) is 1. The molecule has 16 heteroatoms. The van der Waals surface area contributed by atoms with Gasteiger partial charge >= 0.3 is 6.09 Å². The van der Waals surface area contributed by atoms with E-state index in [0.29, 0.717) is 51.4 Å². The average Bonchev–Trinajstić information content (AvgIpc) is 3.66. The Morgan fingerprint density at radius 3 is 2.54 bits per heavy atom. The molecule has 0 spiro atoms. The number of hydrogen-bond donors (Lipinski definition) is 4. The molecular weight excluding hydrogens is 642 g/mol. The van der Waals surface area contributed by atoms with Crippen LogP contribution in [0.2, 0.25) is 5.15 Å². The standard InChI is InChI=1S/C32H44ClN9O6/c1-5-41-24(16-36-30(44)25-28(34)39-29(35)27(33)38-25)42(17-20-8-7-15-46-20)21-9-6-10-22(26(21)41)47-18-23(43)37-19-11-13-40(14-12-19)31(45)48-32(2,3)4/h6,9-10,19-20H,5,7-8,11-18H2,1-4H3,(H5-,34,35,36,37,39,43,44)/p+1. The Kier molecular flexibility index (Phi) is 10.8. The van der Waals surface area contributed by atoms with Crippen LogP contribution in [0, 0.1) is 0 Å². The number of nitrogen functional groups attached to an aromatic ring is 2. The SMILES string of the molecule is CC[n+]1c(CNC(=O)c2nc(Cl)c(N)nc2N)n(CC2CCCO2)c2cccc(OCC(=O)NC3CCN(C(=O)OC(C)(C)C)CC3)c21. The molecule has 0 bridgehead atoms. The Bertz CT molecular complexity index is 1660. The van der Waals surface area contributed by atoms with E-state index in [2.05, 4.69) is 29.7 Å². The highest BCUT2D eigenvalue weighted by molar-refractivity contribution is 6.31. The lowest BCUT2D eigenvalue weighted by atomic mass is 10.1. The minimum absolute atomic E-state index is 0.00913. The van der Waals surface area contributed by atoms with Crippen LogP contribution in [0.1, 0.15) is 69.7 Å². The summed E-state index contributed by atoms with van der Waals surface area (Å²) in [5.41, 5.74) is 12.6. The van der Waals surface area contributed by atoms with Crippen molar-refractivity contribution in [3.8, 4) is 5.75 Å². The Labute approximate surface area is 284 Å². The van der Waals surface area contributed by atoms with Gasteiger partial charge in [0, 0.05) is 25.7 Å². The predicted molar refractivity (Wildman–Crippen MR) is 178 cm³/mol. The number of nitrogens with zero attached hydrogens (tertiary/aromatic N) is 5. The number of imidazole rings is 1. The number of rotatable bonds is 10. The largest absolute Gasteiger partial charge is 0.479 e. The number of carbonyl (C=O) groups is 3.